The van der Waals surface area contributed by atoms with Gasteiger partial charge >= 0.3 is 0 Å². The Morgan fingerprint density at radius 2 is 1.62 bits per heavy atom. The molecule has 5 heteroatoms. The molecule has 0 radical (unpaired) electrons. The number of nitrogens with one attached hydrogen (secondary N) is 1. The average molecular weight is 305 g/mol. The van der Waals surface area contributed by atoms with E-state index in [2.05, 4.69) is 4.72 Å². The lowest BCUT2D eigenvalue weighted by atomic mass is 10.0. The minimum Gasteiger partial charge on any atom is -0.207 e. The Labute approximate surface area is 123 Å². The maximum atomic E-state index is 13.7. The summed E-state index contributed by atoms with van der Waals surface area (Å²) in [5.41, 5.74) is 0.917. The maximum absolute atomic E-state index is 13.7. The molecule has 0 spiro atoms. The van der Waals surface area contributed by atoms with E-state index in [4.69, 9.17) is 0 Å². The van der Waals surface area contributed by atoms with Gasteiger partial charge in [-0.05, 0) is 36.5 Å². The van der Waals surface area contributed by atoms with Crippen molar-refractivity contribution in [2.75, 3.05) is 0 Å². The number of benzene rings is 2. The molecule has 1 atom stereocenters. The maximum Gasteiger partial charge on any atom is 0.244 e. The molecule has 3 rings (SSSR count). The van der Waals surface area contributed by atoms with E-state index in [1.54, 1.807) is 0 Å². The number of hydrogen-bond acceptors (Lipinski definition) is 2. The highest BCUT2D eigenvalue weighted by Crippen LogP contribution is 2.41. The molecule has 0 aliphatic heterocycles. The fraction of sp³-hybridized carbons (Fsp3) is 0.250. The molecule has 1 saturated carbocycles. The highest BCUT2D eigenvalue weighted by molar-refractivity contribution is 7.89. The molecule has 0 heterocycles. The molecule has 0 amide bonds. The molecule has 1 aliphatic rings. The van der Waals surface area contributed by atoms with Crippen molar-refractivity contribution in [2.45, 2.75) is 23.8 Å². The third-order valence-corrected chi connectivity index (χ3v) is 5.13. The number of rotatable bonds is 5. The molecular weight excluding hydrogens is 289 g/mol. The van der Waals surface area contributed by atoms with Gasteiger partial charge in [0, 0.05) is 6.04 Å². The fourth-order valence-electron chi connectivity index (χ4n) is 2.42. The summed E-state index contributed by atoms with van der Waals surface area (Å²) in [6, 6.07) is 14.6. The zero-order valence-corrected chi connectivity index (χ0v) is 12.2. The van der Waals surface area contributed by atoms with E-state index < -0.39 is 15.8 Å². The highest BCUT2D eigenvalue weighted by Gasteiger charge is 2.35. The predicted octanol–water partition coefficient (Wildman–Crippen LogP) is 3.26. The van der Waals surface area contributed by atoms with E-state index in [1.165, 1.54) is 18.2 Å². The number of hydrogen-bond donors (Lipinski definition) is 1. The summed E-state index contributed by atoms with van der Waals surface area (Å²) in [7, 11) is -3.87. The van der Waals surface area contributed by atoms with Gasteiger partial charge in [-0.3, -0.25) is 0 Å². The van der Waals surface area contributed by atoms with Crippen LogP contribution in [-0.2, 0) is 10.0 Å². The van der Waals surface area contributed by atoms with Gasteiger partial charge in [-0.2, -0.15) is 0 Å². The zero-order valence-electron chi connectivity index (χ0n) is 11.4. The van der Waals surface area contributed by atoms with Crippen LogP contribution in [0, 0.1) is 11.7 Å². The van der Waals surface area contributed by atoms with E-state index in [-0.39, 0.29) is 16.9 Å². The van der Waals surface area contributed by atoms with Gasteiger partial charge in [0.1, 0.15) is 10.7 Å². The second-order valence-electron chi connectivity index (χ2n) is 5.28. The summed E-state index contributed by atoms with van der Waals surface area (Å²) in [6.07, 6.45) is 1.97. The Bertz CT molecular complexity index is 727. The Balaban J connectivity index is 1.91. The Morgan fingerprint density at radius 3 is 2.24 bits per heavy atom. The van der Waals surface area contributed by atoms with Gasteiger partial charge in [0.05, 0.1) is 0 Å². The van der Waals surface area contributed by atoms with Crippen molar-refractivity contribution < 1.29 is 12.8 Å². The summed E-state index contributed by atoms with van der Waals surface area (Å²) < 4.78 is 41.2. The Hall–Kier alpha value is -1.72. The van der Waals surface area contributed by atoms with Crippen LogP contribution in [0.15, 0.2) is 59.5 Å². The first-order valence-electron chi connectivity index (χ1n) is 6.90. The van der Waals surface area contributed by atoms with Crippen LogP contribution in [0.1, 0.15) is 24.4 Å². The highest BCUT2D eigenvalue weighted by atomic mass is 32.2. The molecule has 1 N–H and O–H groups in total. The molecule has 0 bridgehead atoms. The van der Waals surface area contributed by atoms with E-state index in [0.29, 0.717) is 0 Å². The van der Waals surface area contributed by atoms with Crippen molar-refractivity contribution in [1.82, 2.24) is 4.72 Å². The van der Waals surface area contributed by atoms with Crippen LogP contribution in [0.2, 0.25) is 0 Å². The van der Waals surface area contributed by atoms with Crippen LogP contribution in [0.5, 0.6) is 0 Å². The largest absolute Gasteiger partial charge is 0.244 e. The van der Waals surface area contributed by atoms with Crippen molar-refractivity contribution in [3.63, 3.8) is 0 Å². The third kappa shape index (κ3) is 3.14. The standard InChI is InChI=1S/C16H16FNO2S/c17-14-8-4-5-9-15(14)21(19,20)18-16(13-10-11-13)12-6-2-1-3-7-12/h1-9,13,16,18H,10-11H2. The minimum absolute atomic E-state index is 0.286. The average Bonchev–Trinajstić information content (AvgIpc) is 3.31. The van der Waals surface area contributed by atoms with Crippen molar-refractivity contribution >= 4 is 10.0 Å². The van der Waals surface area contributed by atoms with Gasteiger partial charge < -0.3 is 0 Å². The minimum atomic E-state index is -3.87. The van der Waals surface area contributed by atoms with Crippen LogP contribution in [-0.4, -0.2) is 8.42 Å². The van der Waals surface area contributed by atoms with Crippen LogP contribution in [0.25, 0.3) is 0 Å². The summed E-state index contributed by atoms with van der Waals surface area (Å²) in [4.78, 5) is -0.299. The van der Waals surface area contributed by atoms with Crippen molar-refractivity contribution in [2.24, 2.45) is 5.92 Å². The van der Waals surface area contributed by atoms with Crippen molar-refractivity contribution in [1.29, 1.82) is 0 Å². The van der Waals surface area contributed by atoms with Crippen LogP contribution in [0.4, 0.5) is 4.39 Å². The SMILES string of the molecule is O=S(=O)(NC(c1ccccc1)C1CC1)c1ccccc1F. The Morgan fingerprint density at radius 1 is 1.00 bits per heavy atom. The molecule has 2 aromatic carbocycles. The lowest BCUT2D eigenvalue weighted by Crippen LogP contribution is -2.30. The molecular formula is C16H16FNO2S. The number of sulfonamides is 1. The molecule has 1 fully saturated rings. The first-order valence-corrected chi connectivity index (χ1v) is 8.38. The second kappa shape index (κ2) is 5.58. The lowest BCUT2D eigenvalue weighted by molar-refractivity contribution is 0.519. The fourth-order valence-corrected chi connectivity index (χ4v) is 3.79. The third-order valence-electron chi connectivity index (χ3n) is 3.66. The van der Waals surface area contributed by atoms with Gasteiger partial charge in [0.15, 0.2) is 0 Å². The monoisotopic (exact) mass is 305 g/mol. The summed E-state index contributed by atoms with van der Waals surface area (Å²) >= 11 is 0. The lowest BCUT2D eigenvalue weighted by Gasteiger charge is -2.19. The first kappa shape index (κ1) is 14.2. The summed E-state index contributed by atoms with van der Waals surface area (Å²) in [5, 5.41) is 0. The van der Waals surface area contributed by atoms with Crippen LogP contribution in [0.3, 0.4) is 0 Å². The van der Waals surface area contributed by atoms with E-state index in [9.17, 15) is 12.8 Å². The zero-order chi connectivity index (χ0) is 14.9. The van der Waals surface area contributed by atoms with E-state index in [0.717, 1.165) is 24.5 Å². The molecule has 0 aromatic heterocycles. The summed E-state index contributed by atoms with van der Waals surface area (Å²) in [5.74, 6) is -0.443. The van der Waals surface area contributed by atoms with E-state index >= 15 is 0 Å². The van der Waals surface area contributed by atoms with Gasteiger partial charge in [0.2, 0.25) is 10.0 Å². The van der Waals surface area contributed by atoms with Gasteiger partial charge in [-0.25, -0.2) is 17.5 Å². The topological polar surface area (TPSA) is 46.2 Å². The van der Waals surface area contributed by atoms with Crippen LogP contribution < -0.4 is 4.72 Å². The molecule has 0 saturated heterocycles. The second-order valence-corrected chi connectivity index (χ2v) is 6.96. The molecule has 110 valence electrons. The van der Waals surface area contributed by atoms with Crippen LogP contribution >= 0.6 is 0 Å². The van der Waals surface area contributed by atoms with Gasteiger partial charge in [0.25, 0.3) is 0 Å². The van der Waals surface area contributed by atoms with Crippen molar-refractivity contribution in [3.8, 4) is 0 Å². The normalized spacial score (nSPS) is 16.6. The molecule has 3 nitrogen and oxygen atoms in total. The Kier molecular flexibility index (Phi) is 3.78. The van der Waals surface area contributed by atoms with Gasteiger partial charge in [-0.15, -0.1) is 0 Å². The number of halogens is 1. The predicted molar refractivity (Wildman–Crippen MR) is 78.6 cm³/mol. The van der Waals surface area contributed by atoms with Crippen molar-refractivity contribution in [3.05, 3.63) is 66.0 Å². The van der Waals surface area contributed by atoms with Gasteiger partial charge in [-0.1, -0.05) is 42.5 Å². The molecule has 1 unspecified atom stereocenters. The molecule has 1 aliphatic carbocycles. The smallest absolute Gasteiger partial charge is 0.207 e. The van der Waals surface area contributed by atoms with E-state index in [1.807, 2.05) is 30.3 Å². The molecule has 2 aromatic rings. The first-order chi connectivity index (χ1) is 10.1. The summed E-state index contributed by atoms with van der Waals surface area (Å²) in [6.45, 7) is 0. The quantitative estimate of drug-likeness (QED) is 0.921. The molecule has 21 heavy (non-hydrogen) atoms.